The lowest BCUT2D eigenvalue weighted by atomic mass is 10.1. The topological polar surface area (TPSA) is 85.8 Å². The normalized spacial score (nSPS) is 10.7. The Balaban J connectivity index is 1.42. The summed E-state index contributed by atoms with van der Waals surface area (Å²) in [5.41, 5.74) is 1.82. The summed E-state index contributed by atoms with van der Waals surface area (Å²) >= 11 is 0. The van der Waals surface area contributed by atoms with Crippen molar-refractivity contribution < 1.29 is 13.7 Å². The Morgan fingerprint density at radius 1 is 1.11 bits per heavy atom. The van der Waals surface area contributed by atoms with Crippen molar-refractivity contribution in [2.24, 2.45) is 0 Å². The van der Waals surface area contributed by atoms with Gasteiger partial charge in [0.05, 0.1) is 6.54 Å². The van der Waals surface area contributed by atoms with Crippen molar-refractivity contribution in [3.05, 3.63) is 84.1 Å². The summed E-state index contributed by atoms with van der Waals surface area (Å²) < 4.78 is 19.7. The molecule has 2 aromatic carbocycles. The van der Waals surface area contributed by atoms with Crippen molar-refractivity contribution in [1.82, 2.24) is 19.9 Å². The molecule has 4 aromatic rings. The van der Waals surface area contributed by atoms with E-state index in [2.05, 4.69) is 20.6 Å². The summed E-state index contributed by atoms with van der Waals surface area (Å²) in [4.78, 5) is 16.3. The third-order valence-electron chi connectivity index (χ3n) is 3.82. The maximum atomic E-state index is 12.9. The molecule has 134 valence electrons. The summed E-state index contributed by atoms with van der Waals surface area (Å²) in [6, 6.07) is 17.0. The van der Waals surface area contributed by atoms with Crippen LogP contribution in [0.5, 0.6) is 0 Å². The van der Waals surface area contributed by atoms with E-state index in [4.69, 9.17) is 4.52 Å². The summed E-state index contributed by atoms with van der Waals surface area (Å²) in [5, 5.41) is 10.5. The number of hydrogen-bond acceptors (Lipinski definition) is 5. The Morgan fingerprint density at radius 3 is 2.67 bits per heavy atom. The number of nitrogens with one attached hydrogen (secondary N) is 1. The van der Waals surface area contributed by atoms with Crippen molar-refractivity contribution in [2.75, 3.05) is 5.32 Å². The number of nitrogens with zero attached hydrogens (tertiary/aromatic N) is 4. The predicted octanol–water partition coefficient (Wildman–Crippen LogP) is 3.37. The average Bonchev–Trinajstić information content (AvgIpc) is 3.34. The number of halogens is 1. The average molecular weight is 363 g/mol. The van der Waals surface area contributed by atoms with Gasteiger partial charge in [-0.25, -0.2) is 14.1 Å². The quantitative estimate of drug-likeness (QED) is 0.587. The molecule has 27 heavy (non-hydrogen) atoms. The molecular weight excluding hydrogens is 349 g/mol. The molecule has 0 saturated heterocycles. The van der Waals surface area contributed by atoms with Crippen molar-refractivity contribution in [3.8, 4) is 11.3 Å². The fourth-order valence-corrected chi connectivity index (χ4v) is 2.49. The van der Waals surface area contributed by atoms with Crippen molar-refractivity contribution >= 4 is 11.9 Å². The molecule has 0 radical (unpaired) electrons. The van der Waals surface area contributed by atoms with Crippen LogP contribution in [0.1, 0.15) is 16.1 Å². The van der Waals surface area contributed by atoms with Gasteiger partial charge in [0.1, 0.15) is 12.1 Å². The molecule has 1 amide bonds. The third-order valence-corrected chi connectivity index (χ3v) is 3.82. The van der Waals surface area contributed by atoms with E-state index in [1.807, 2.05) is 30.3 Å². The number of carbonyl (C=O) groups excluding carboxylic acids is 1. The van der Waals surface area contributed by atoms with E-state index >= 15 is 0 Å². The van der Waals surface area contributed by atoms with Gasteiger partial charge in [0, 0.05) is 11.6 Å². The van der Waals surface area contributed by atoms with Crippen LogP contribution in [0.2, 0.25) is 0 Å². The number of aromatic nitrogens is 4. The minimum absolute atomic E-state index is 0.128. The zero-order valence-electron chi connectivity index (χ0n) is 14.0. The molecule has 8 heteroatoms. The molecule has 0 aliphatic heterocycles. The second-order valence-electron chi connectivity index (χ2n) is 5.79. The fourth-order valence-electron chi connectivity index (χ4n) is 2.49. The van der Waals surface area contributed by atoms with Crippen molar-refractivity contribution in [2.45, 2.75) is 6.54 Å². The number of amides is 1. The molecule has 0 spiro atoms. The van der Waals surface area contributed by atoms with Crippen LogP contribution in [0.3, 0.4) is 0 Å². The van der Waals surface area contributed by atoms with Gasteiger partial charge in [-0.1, -0.05) is 47.6 Å². The first-order valence-electron chi connectivity index (χ1n) is 8.15. The monoisotopic (exact) mass is 363 g/mol. The minimum Gasteiger partial charge on any atom is -0.355 e. The molecule has 7 nitrogen and oxygen atoms in total. The molecule has 2 heterocycles. The van der Waals surface area contributed by atoms with Crippen LogP contribution in [-0.4, -0.2) is 25.8 Å². The highest BCUT2D eigenvalue weighted by atomic mass is 19.1. The standard InChI is InChI=1S/C19H14FN5O2/c20-15-8-6-13(7-9-15)11-25-12-21-19(23-25)22-18(26)16-10-17(27-24-16)14-4-2-1-3-5-14/h1-10,12H,11H2,(H,22,23,26). The maximum absolute atomic E-state index is 12.9. The first-order chi connectivity index (χ1) is 13.2. The highest BCUT2D eigenvalue weighted by Gasteiger charge is 2.15. The summed E-state index contributed by atoms with van der Waals surface area (Å²) in [6.45, 7) is 0.408. The largest absolute Gasteiger partial charge is 0.355 e. The summed E-state index contributed by atoms with van der Waals surface area (Å²) in [6.07, 6.45) is 1.48. The van der Waals surface area contributed by atoms with Gasteiger partial charge in [-0.05, 0) is 17.7 Å². The Labute approximate surface area is 153 Å². The van der Waals surface area contributed by atoms with Gasteiger partial charge in [-0.15, -0.1) is 5.10 Å². The lowest BCUT2D eigenvalue weighted by molar-refractivity contribution is 0.101. The third kappa shape index (κ3) is 3.90. The lowest BCUT2D eigenvalue weighted by Crippen LogP contribution is -2.13. The second kappa shape index (κ2) is 7.20. The highest BCUT2D eigenvalue weighted by molar-refractivity contribution is 6.02. The molecule has 0 aliphatic rings. The van der Waals surface area contributed by atoms with E-state index in [1.54, 1.807) is 22.9 Å². The fraction of sp³-hybridized carbons (Fsp3) is 0.0526. The van der Waals surface area contributed by atoms with Gasteiger partial charge in [0.15, 0.2) is 11.5 Å². The van der Waals surface area contributed by atoms with Crippen LogP contribution in [0, 0.1) is 5.82 Å². The van der Waals surface area contributed by atoms with Crippen LogP contribution in [0.25, 0.3) is 11.3 Å². The number of hydrogen-bond donors (Lipinski definition) is 1. The molecule has 1 N–H and O–H groups in total. The van der Waals surface area contributed by atoms with Crippen LogP contribution in [-0.2, 0) is 6.54 Å². The van der Waals surface area contributed by atoms with Crippen LogP contribution >= 0.6 is 0 Å². The molecule has 4 rings (SSSR count). The maximum Gasteiger partial charge on any atom is 0.280 e. The van der Waals surface area contributed by atoms with Crippen LogP contribution in [0.4, 0.5) is 10.3 Å². The number of carbonyl (C=O) groups is 1. The molecule has 0 unspecified atom stereocenters. The lowest BCUT2D eigenvalue weighted by Gasteiger charge is -2.00. The molecule has 0 saturated carbocycles. The van der Waals surface area contributed by atoms with Gasteiger partial charge in [-0.3, -0.25) is 10.1 Å². The van der Waals surface area contributed by atoms with E-state index in [0.29, 0.717) is 12.3 Å². The molecule has 0 atom stereocenters. The van der Waals surface area contributed by atoms with Crippen LogP contribution < -0.4 is 5.32 Å². The molecule has 2 aromatic heterocycles. The zero-order chi connectivity index (χ0) is 18.6. The summed E-state index contributed by atoms with van der Waals surface area (Å²) in [5.74, 6) is -0.129. The van der Waals surface area contributed by atoms with Gasteiger partial charge in [0.25, 0.3) is 5.91 Å². The number of rotatable bonds is 5. The van der Waals surface area contributed by atoms with Crippen molar-refractivity contribution in [1.29, 1.82) is 0 Å². The number of benzene rings is 2. The van der Waals surface area contributed by atoms with E-state index in [9.17, 15) is 9.18 Å². The minimum atomic E-state index is -0.472. The van der Waals surface area contributed by atoms with E-state index in [1.165, 1.54) is 18.5 Å². The Bertz CT molecular complexity index is 1060. The SMILES string of the molecule is O=C(Nc1ncn(Cc2ccc(F)cc2)n1)c1cc(-c2ccccc2)on1. The first-order valence-corrected chi connectivity index (χ1v) is 8.15. The molecule has 0 fully saturated rings. The zero-order valence-corrected chi connectivity index (χ0v) is 14.0. The van der Waals surface area contributed by atoms with Gasteiger partial charge in [-0.2, -0.15) is 0 Å². The van der Waals surface area contributed by atoms with E-state index in [-0.39, 0.29) is 17.5 Å². The Morgan fingerprint density at radius 2 is 1.89 bits per heavy atom. The second-order valence-corrected chi connectivity index (χ2v) is 5.79. The summed E-state index contributed by atoms with van der Waals surface area (Å²) in [7, 11) is 0. The smallest absolute Gasteiger partial charge is 0.280 e. The van der Waals surface area contributed by atoms with Crippen molar-refractivity contribution in [3.63, 3.8) is 0 Å². The molecular formula is C19H14FN5O2. The Hall–Kier alpha value is -3.81. The molecule has 0 aliphatic carbocycles. The highest BCUT2D eigenvalue weighted by Crippen LogP contribution is 2.20. The van der Waals surface area contributed by atoms with Gasteiger partial charge >= 0.3 is 0 Å². The number of anilines is 1. The van der Waals surface area contributed by atoms with Crippen LogP contribution in [0.15, 0.2) is 71.5 Å². The van der Waals surface area contributed by atoms with Gasteiger partial charge < -0.3 is 4.52 Å². The van der Waals surface area contributed by atoms with E-state index < -0.39 is 5.91 Å². The molecule has 0 bridgehead atoms. The van der Waals surface area contributed by atoms with Gasteiger partial charge in [0.2, 0.25) is 5.95 Å². The van der Waals surface area contributed by atoms with E-state index in [0.717, 1.165) is 11.1 Å². The Kier molecular flexibility index (Phi) is 4.44. The first kappa shape index (κ1) is 16.6. The predicted molar refractivity (Wildman–Crippen MR) is 95.4 cm³/mol.